The lowest BCUT2D eigenvalue weighted by Crippen LogP contribution is -2.29. The monoisotopic (exact) mass is 559 g/mol. The first-order chi connectivity index (χ1) is 19.3. The van der Waals surface area contributed by atoms with E-state index in [1.165, 1.54) is 33.3 Å². The van der Waals surface area contributed by atoms with E-state index in [9.17, 15) is 14.9 Å². The number of carbonyl (C=O) groups is 1. The van der Waals surface area contributed by atoms with Gasteiger partial charge >= 0.3 is 0 Å². The van der Waals surface area contributed by atoms with Crippen molar-refractivity contribution in [2.75, 3.05) is 24.4 Å². The highest BCUT2D eigenvalue weighted by Crippen LogP contribution is 2.45. The Morgan fingerprint density at radius 3 is 2.58 bits per heavy atom. The van der Waals surface area contributed by atoms with Crippen LogP contribution in [-0.2, 0) is 4.79 Å². The summed E-state index contributed by atoms with van der Waals surface area (Å²) in [7, 11) is 2.97. The second-order valence-electron chi connectivity index (χ2n) is 8.91. The number of carbonyl (C=O) groups excluding carboxylic acids is 1. The van der Waals surface area contributed by atoms with Crippen LogP contribution < -0.4 is 25.0 Å². The summed E-state index contributed by atoms with van der Waals surface area (Å²) in [6, 6.07) is 18.1. The smallest absolute Gasteiger partial charge is 0.273 e. The Balaban J connectivity index is 1.61. The highest BCUT2D eigenvalue weighted by Gasteiger charge is 2.43. The third kappa shape index (κ3) is 5.04. The zero-order valence-corrected chi connectivity index (χ0v) is 22.6. The molecule has 1 fully saturated rings. The zero-order valence-electron chi connectivity index (χ0n) is 21.8. The lowest BCUT2D eigenvalue weighted by atomic mass is 10.0. The van der Waals surface area contributed by atoms with Gasteiger partial charge in [0.15, 0.2) is 5.11 Å². The summed E-state index contributed by atoms with van der Waals surface area (Å²) in [6.45, 7) is 1.42. The summed E-state index contributed by atoms with van der Waals surface area (Å²) >= 11 is 5.79. The number of amides is 1. The topological polar surface area (TPSA) is 132 Å². The quantitative estimate of drug-likeness (QED) is 0.164. The molecule has 40 heavy (non-hydrogen) atoms. The predicted molar refractivity (Wildman–Crippen MR) is 153 cm³/mol. The van der Waals surface area contributed by atoms with Crippen LogP contribution in [0.1, 0.15) is 30.5 Å². The molecule has 1 saturated heterocycles. The van der Waals surface area contributed by atoms with E-state index < -0.39 is 11.0 Å². The van der Waals surface area contributed by atoms with Crippen molar-refractivity contribution in [1.82, 2.24) is 10.3 Å². The number of thiocarbonyl (C=S) groups is 1. The van der Waals surface area contributed by atoms with Gasteiger partial charge in [-0.2, -0.15) is 0 Å². The molecule has 12 heteroatoms. The van der Waals surface area contributed by atoms with Crippen molar-refractivity contribution in [3.8, 4) is 22.8 Å². The Kier molecular flexibility index (Phi) is 7.34. The molecule has 3 heterocycles. The Hall–Kier alpha value is -4.97. The largest absolute Gasteiger partial charge is 0.496 e. The van der Waals surface area contributed by atoms with Crippen LogP contribution in [0.3, 0.4) is 0 Å². The van der Waals surface area contributed by atoms with Crippen molar-refractivity contribution < 1.29 is 23.6 Å². The van der Waals surface area contributed by atoms with E-state index in [2.05, 4.69) is 15.6 Å². The van der Waals surface area contributed by atoms with Crippen molar-refractivity contribution in [2.45, 2.75) is 19.0 Å². The molecule has 0 unspecified atom stereocenters. The average molecular weight is 560 g/mol. The van der Waals surface area contributed by atoms with Crippen molar-refractivity contribution in [3.05, 3.63) is 94.5 Å². The molecule has 2 aromatic carbocycles. The fourth-order valence-corrected chi connectivity index (χ4v) is 5.05. The number of nitro groups is 1. The molecular formula is C28H25N5O6S. The molecule has 0 saturated carbocycles. The number of aromatic nitrogens is 1. The predicted octanol–water partition coefficient (Wildman–Crippen LogP) is 5.40. The highest BCUT2D eigenvalue weighted by atomic mass is 32.1. The number of hydrogen-bond donors (Lipinski definition) is 2. The van der Waals surface area contributed by atoms with Crippen molar-refractivity contribution in [1.29, 1.82) is 0 Å². The normalized spacial score (nSPS) is 16.4. The lowest BCUT2D eigenvalue weighted by molar-refractivity contribution is -0.384. The van der Waals surface area contributed by atoms with Gasteiger partial charge in [-0.25, -0.2) is 0 Å². The summed E-state index contributed by atoms with van der Waals surface area (Å²) in [5.41, 5.74) is 2.40. The van der Waals surface area contributed by atoms with Gasteiger partial charge in [0.05, 0.1) is 48.2 Å². The van der Waals surface area contributed by atoms with Crippen LogP contribution in [-0.4, -0.2) is 35.1 Å². The van der Waals surface area contributed by atoms with Gasteiger partial charge < -0.3 is 29.4 Å². The number of nitro benzene ring substituents is 1. The molecule has 2 atom stereocenters. The summed E-state index contributed by atoms with van der Waals surface area (Å²) in [4.78, 5) is 29.1. The minimum absolute atomic E-state index is 0.0893. The second kappa shape index (κ2) is 11.0. The number of methoxy groups -OCH3 is 2. The van der Waals surface area contributed by atoms with Crippen LogP contribution in [0.2, 0.25) is 0 Å². The maximum atomic E-state index is 11.9. The van der Waals surface area contributed by atoms with E-state index in [1.54, 1.807) is 30.5 Å². The minimum atomic E-state index is -0.482. The number of anilines is 2. The average Bonchev–Trinajstić information content (AvgIpc) is 3.57. The summed E-state index contributed by atoms with van der Waals surface area (Å²) in [5.74, 6) is 1.60. The van der Waals surface area contributed by atoms with Crippen molar-refractivity contribution >= 4 is 40.3 Å². The molecule has 1 aliphatic heterocycles. The summed E-state index contributed by atoms with van der Waals surface area (Å²) < 4.78 is 17.2. The third-order valence-electron chi connectivity index (χ3n) is 6.45. The molecule has 0 radical (unpaired) electrons. The Bertz CT molecular complexity index is 1590. The molecule has 1 amide bonds. The molecular weight excluding hydrogens is 534 g/mol. The molecule has 5 rings (SSSR count). The van der Waals surface area contributed by atoms with Crippen LogP contribution in [0.15, 0.2) is 77.3 Å². The number of ether oxygens (including phenoxy) is 2. The molecule has 204 valence electrons. The number of furan rings is 1. The zero-order chi connectivity index (χ0) is 28.4. The maximum absolute atomic E-state index is 11.9. The van der Waals surface area contributed by atoms with Crippen LogP contribution in [0.25, 0.3) is 11.3 Å². The van der Waals surface area contributed by atoms with E-state index >= 15 is 0 Å². The van der Waals surface area contributed by atoms with E-state index in [-0.39, 0.29) is 17.6 Å². The highest BCUT2D eigenvalue weighted by molar-refractivity contribution is 7.80. The van der Waals surface area contributed by atoms with Gasteiger partial charge in [-0.3, -0.25) is 19.9 Å². The second-order valence-corrected chi connectivity index (χ2v) is 9.29. The van der Waals surface area contributed by atoms with Gasteiger partial charge in [-0.05, 0) is 60.7 Å². The summed E-state index contributed by atoms with van der Waals surface area (Å²) in [6.07, 6.45) is 1.71. The fraction of sp³-hybridized carbons (Fsp3) is 0.179. The van der Waals surface area contributed by atoms with Crippen molar-refractivity contribution in [3.63, 3.8) is 0 Å². The molecule has 2 aromatic heterocycles. The van der Waals surface area contributed by atoms with Crippen molar-refractivity contribution in [2.24, 2.45) is 0 Å². The number of nitrogens with one attached hydrogen (secondary N) is 2. The van der Waals surface area contributed by atoms with Gasteiger partial charge in [0.1, 0.15) is 29.1 Å². The van der Waals surface area contributed by atoms with E-state index in [0.29, 0.717) is 45.1 Å². The molecule has 0 spiro atoms. The van der Waals surface area contributed by atoms with Gasteiger partial charge in [-0.1, -0.05) is 6.07 Å². The first-order valence-electron chi connectivity index (χ1n) is 12.2. The SMILES string of the molecule is COc1ccc(N2C(=S)N[C@@H](c3ccccn3)[C@@H]2c2ccc(-c3ccc([N+](=O)[O-])cc3OC)o2)cc1NC(C)=O. The van der Waals surface area contributed by atoms with Gasteiger partial charge in [0.25, 0.3) is 5.69 Å². The first-order valence-corrected chi connectivity index (χ1v) is 12.6. The Morgan fingerprint density at radius 2 is 1.90 bits per heavy atom. The molecule has 0 aliphatic carbocycles. The van der Waals surface area contributed by atoms with Crippen LogP contribution in [0.4, 0.5) is 17.1 Å². The molecule has 11 nitrogen and oxygen atoms in total. The number of rotatable bonds is 8. The minimum Gasteiger partial charge on any atom is -0.496 e. The van der Waals surface area contributed by atoms with E-state index in [1.807, 2.05) is 35.2 Å². The fourth-order valence-electron chi connectivity index (χ4n) is 4.71. The molecule has 2 N–H and O–H groups in total. The van der Waals surface area contributed by atoms with Gasteiger partial charge in [0.2, 0.25) is 5.91 Å². The number of pyridine rings is 1. The van der Waals surface area contributed by atoms with Crippen LogP contribution >= 0.6 is 12.2 Å². The molecule has 4 aromatic rings. The van der Waals surface area contributed by atoms with Crippen LogP contribution in [0.5, 0.6) is 11.5 Å². The third-order valence-corrected chi connectivity index (χ3v) is 6.76. The van der Waals surface area contributed by atoms with E-state index in [4.69, 9.17) is 26.1 Å². The lowest BCUT2D eigenvalue weighted by Gasteiger charge is -2.27. The standard InChI is InChI=1S/C28H25N5O6S/c1-16(34)30-21-14-17(8-10-23(21)37-2)32-27(26(31-28(32)40)20-6-4-5-13-29-20)24-12-11-22(39-24)19-9-7-18(33(35)36)15-25(19)38-3/h4-15,26-27H,1-3H3,(H,30,34)(H,31,40)/t26-,27-/m0/s1. The van der Waals surface area contributed by atoms with Gasteiger partial charge in [0, 0.05) is 24.9 Å². The molecule has 0 bridgehead atoms. The number of benzene rings is 2. The Labute approximate surface area is 234 Å². The Morgan fingerprint density at radius 1 is 1.10 bits per heavy atom. The summed E-state index contributed by atoms with van der Waals surface area (Å²) in [5, 5.41) is 17.9. The van der Waals surface area contributed by atoms with Gasteiger partial charge in [-0.15, -0.1) is 0 Å². The maximum Gasteiger partial charge on any atom is 0.273 e. The number of nitrogens with zero attached hydrogens (tertiary/aromatic N) is 3. The number of hydrogen-bond acceptors (Lipinski definition) is 8. The molecule has 1 aliphatic rings. The number of non-ortho nitro benzene ring substituents is 1. The van der Waals surface area contributed by atoms with E-state index in [0.717, 1.165) is 5.69 Å². The van der Waals surface area contributed by atoms with Crippen LogP contribution in [0, 0.1) is 10.1 Å². The first kappa shape index (κ1) is 26.6.